The van der Waals surface area contributed by atoms with Crippen LogP contribution in [0, 0.1) is 13.8 Å². The normalized spacial score (nSPS) is 11.8. The second kappa shape index (κ2) is 7.42. The Kier molecular flexibility index (Phi) is 5.55. The van der Waals surface area contributed by atoms with E-state index in [0.29, 0.717) is 16.2 Å². The van der Waals surface area contributed by atoms with Crippen molar-refractivity contribution in [2.24, 2.45) is 0 Å². The summed E-state index contributed by atoms with van der Waals surface area (Å²) in [7, 11) is 0. The number of carbonyl (C=O) groups excluding carboxylic acids is 2. The number of hydrogen-bond acceptors (Lipinski definition) is 5. The highest BCUT2D eigenvalue weighted by atomic mass is 32.2. The molecule has 0 aliphatic heterocycles. The first-order valence-corrected chi connectivity index (χ1v) is 8.48. The van der Waals surface area contributed by atoms with Crippen LogP contribution in [0.2, 0.25) is 0 Å². The van der Waals surface area contributed by atoms with Crippen molar-refractivity contribution in [1.29, 1.82) is 0 Å². The van der Waals surface area contributed by atoms with Crippen LogP contribution < -0.4 is 0 Å². The quantitative estimate of drug-likeness (QED) is 0.474. The number of ketones is 1. The number of benzene rings is 1. The zero-order valence-electron chi connectivity index (χ0n) is 13.6. The molecule has 1 unspecified atom stereocenters. The second-order valence-corrected chi connectivity index (χ2v) is 6.07. The van der Waals surface area contributed by atoms with Gasteiger partial charge in [-0.1, -0.05) is 12.1 Å². The van der Waals surface area contributed by atoms with Crippen LogP contribution in [0.5, 0.6) is 0 Å². The van der Waals surface area contributed by atoms with E-state index in [2.05, 4.69) is 4.98 Å². The molecule has 0 aliphatic carbocycles. The number of aromatic nitrogens is 1. The molecule has 0 saturated carbocycles. The van der Waals surface area contributed by atoms with Crippen LogP contribution in [0.4, 0.5) is 0 Å². The van der Waals surface area contributed by atoms with Crippen LogP contribution in [0.25, 0.3) is 0 Å². The summed E-state index contributed by atoms with van der Waals surface area (Å²) in [4.78, 5) is 28.8. The van der Waals surface area contributed by atoms with Crippen molar-refractivity contribution in [3.8, 4) is 0 Å². The van der Waals surface area contributed by atoms with Gasteiger partial charge in [-0.25, -0.2) is 9.78 Å². The third-order valence-corrected chi connectivity index (χ3v) is 4.34. The fraction of sp³-hybridized carbons (Fsp3) is 0.278. The van der Waals surface area contributed by atoms with Crippen molar-refractivity contribution in [2.45, 2.75) is 31.9 Å². The van der Waals surface area contributed by atoms with Crippen LogP contribution >= 0.6 is 11.8 Å². The minimum Gasteiger partial charge on any atom is -0.451 e. The van der Waals surface area contributed by atoms with Crippen molar-refractivity contribution in [3.05, 3.63) is 58.8 Å². The number of esters is 1. The van der Waals surface area contributed by atoms with Gasteiger partial charge in [0.15, 0.2) is 6.10 Å². The molecule has 0 N–H and O–H groups in total. The summed E-state index contributed by atoms with van der Waals surface area (Å²) in [5.74, 6) is -0.747. The van der Waals surface area contributed by atoms with Gasteiger partial charge in [0.1, 0.15) is 5.03 Å². The van der Waals surface area contributed by atoms with Crippen molar-refractivity contribution < 1.29 is 14.3 Å². The number of carbonyl (C=O) groups is 2. The summed E-state index contributed by atoms with van der Waals surface area (Å²) in [6.45, 7) is 5.52. The van der Waals surface area contributed by atoms with Crippen LogP contribution in [0.1, 0.15) is 38.8 Å². The van der Waals surface area contributed by atoms with E-state index in [1.54, 1.807) is 31.3 Å². The Balaban J connectivity index is 2.14. The molecule has 0 radical (unpaired) electrons. The molecule has 0 amide bonds. The first kappa shape index (κ1) is 17.2. The molecule has 0 saturated heterocycles. The molecule has 2 aromatic rings. The number of Topliss-reactive ketones (excluding diaryl/α,β-unsaturated/α-hetero) is 1. The van der Waals surface area contributed by atoms with Gasteiger partial charge in [-0.2, -0.15) is 0 Å². The predicted octanol–water partition coefficient (Wildman–Crippen LogP) is 3.85. The Labute approximate surface area is 140 Å². The van der Waals surface area contributed by atoms with Gasteiger partial charge >= 0.3 is 5.97 Å². The fourth-order valence-corrected chi connectivity index (χ4v) is 2.65. The van der Waals surface area contributed by atoms with E-state index < -0.39 is 12.1 Å². The second-order valence-electron chi connectivity index (χ2n) is 5.27. The summed E-state index contributed by atoms with van der Waals surface area (Å²) >= 11 is 1.36. The van der Waals surface area contributed by atoms with E-state index in [0.717, 1.165) is 11.1 Å². The lowest BCUT2D eigenvalue weighted by molar-refractivity contribution is 0.0314. The largest absolute Gasteiger partial charge is 0.451 e. The maximum absolute atomic E-state index is 12.4. The molecule has 23 heavy (non-hydrogen) atoms. The number of rotatable bonds is 5. The summed E-state index contributed by atoms with van der Waals surface area (Å²) in [6.07, 6.45) is 2.61. The third kappa shape index (κ3) is 3.99. The van der Waals surface area contributed by atoms with E-state index in [-0.39, 0.29) is 5.78 Å². The van der Waals surface area contributed by atoms with Gasteiger partial charge in [-0.3, -0.25) is 4.79 Å². The maximum Gasteiger partial charge on any atom is 0.341 e. The lowest BCUT2D eigenvalue weighted by atomic mass is 10.0. The molecule has 0 fully saturated rings. The summed E-state index contributed by atoms with van der Waals surface area (Å²) in [5.41, 5.74) is 3.07. The van der Waals surface area contributed by atoms with E-state index in [1.807, 2.05) is 32.2 Å². The first-order valence-electron chi connectivity index (χ1n) is 7.25. The van der Waals surface area contributed by atoms with Crippen LogP contribution in [-0.4, -0.2) is 29.1 Å². The molecule has 120 valence electrons. The third-order valence-electron chi connectivity index (χ3n) is 3.63. The summed E-state index contributed by atoms with van der Waals surface area (Å²) in [6, 6.07) is 8.79. The number of aryl methyl sites for hydroxylation is 2. The molecule has 1 aromatic carbocycles. The van der Waals surface area contributed by atoms with Gasteiger partial charge < -0.3 is 4.74 Å². The Bertz CT molecular complexity index is 743. The molecule has 0 bridgehead atoms. The van der Waals surface area contributed by atoms with E-state index in [9.17, 15) is 9.59 Å². The standard InChI is InChI=1S/C18H19NO3S/c1-11-7-8-14(10-12(11)2)16(20)13(3)22-18(21)15-6-5-9-19-17(15)23-4/h5-10,13H,1-4H3. The molecule has 0 aliphatic rings. The van der Waals surface area contributed by atoms with Gasteiger partial charge in [-0.15, -0.1) is 11.8 Å². The Morgan fingerprint density at radius 2 is 1.91 bits per heavy atom. The monoisotopic (exact) mass is 329 g/mol. The van der Waals surface area contributed by atoms with E-state index >= 15 is 0 Å². The number of ether oxygens (including phenoxy) is 1. The van der Waals surface area contributed by atoms with Crippen molar-refractivity contribution in [1.82, 2.24) is 4.98 Å². The van der Waals surface area contributed by atoms with Gasteiger partial charge in [-0.05, 0) is 56.4 Å². The van der Waals surface area contributed by atoms with Crippen LogP contribution in [0.3, 0.4) is 0 Å². The zero-order valence-corrected chi connectivity index (χ0v) is 14.4. The Morgan fingerprint density at radius 3 is 2.57 bits per heavy atom. The van der Waals surface area contributed by atoms with Crippen LogP contribution in [-0.2, 0) is 4.74 Å². The minimum absolute atomic E-state index is 0.212. The van der Waals surface area contributed by atoms with Crippen molar-refractivity contribution >= 4 is 23.5 Å². The van der Waals surface area contributed by atoms with Gasteiger partial charge in [0.05, 0.1) is 5.56 Å². The van der Waals surface area contributed by atoms with Crippen LogP contribution in [0.15, 0.2) is 41.6 Å². The number of hydrogen-bond donors (Lipinski definition) is 0. The fourth-order valence-electron chi connectivity index (χ4n) is 2.12. The number of thioether (sulfide) groups is 1. The first-order chi connectivity index (χ1) is 10.9. The van der Waals surface area contributed by atoms with Gasteiger partial charge in [0.25, 0.3) is 0 Å². The highest BCUT2D eigenvalue weighted by Gasteiger charge is 2.22. The molecule has 1 aromatic heterocycles. The Morgan fingerprint density at radius 1 is 1.17 bits per heavy atom. The number of nitrogens with zero attached hydrogens (tertiary/aromatic N) is 1. The van der Waals surface area contributed by atoms with E-state index in [1.165, 1.54) is 11.8 Å². The van der Waals surface area contributed by atoms with Gasteiger partial charge in [0.2, 0.25) is 5.78 Å². The predicted molar refractivity (Wildman–Crippen MR) is 91.1 cm³/mol. The molecule has 1 heterocycles. The van der Waals surface area contributed by atoms with Gasteiger partial charge in [0, 0.05) is 11.8 Å². The summed E-state index contributed by atoms with van der Waals surface area (Å²) in [5, 5.41) is 0.586. The zero-order chi connectivity index (χ0) is 17.0. The lowest BCUT2D eigenvalue weighted by Crippen LogP contribution is -2.25. The Hall–Kier alpha value is -2.14. The SMILES string of the molecule is CSc1ncccc1C(=O)OC(C)C(=O)c1ccc(C)c(C)c1. The molecule has 0 spiro atoms. The molecule has 4 nitrogen and oxygen atoms in total. The van der Waals surface area contributed by atoms with Crippen molar-refractivity contribution in [2.75, 3.05) is 6.26 Å². The molecule has 2 rings (SSSR count). The molecular formula is C18H19NO3S. The number of pyridine rings is 1. The smallest absolute Gasteiger partial charge is 0.341 e. The lowest BCUT2D eigenvalue weighted by Gasteiger charge is -2.14. The molecule has 5 heteroatoms. The van der Waals surface area contributed by atoms with E-state index in [4.69, 9.17) is 4.74 Å². The molecule has 1 atom stereocenters. The van der Waals surface area contributed by atoms with Crippen molar-refractivity contribution in [3.63, 3.8) is 0 Å². The average molecular weight is 329 g/mol. The minimum atomic E-state index is -0.848. The topological polar surface area (TPSA) is 56.3 Å². The maximum atomic E-state index is 12.4. The molecular weight excluding hydrogens is 310 g/mol. The highest BCUT2D eigenvalue weighted by Crippen LogP contribution is 2.19. The summed E-state index contributed by atoms with van der Waals surface area (Å²) < 4.78 is 5.32. The highest BCUT2D eigenvalue weighted by molar-refractivity contribution is 7.98. The average Bonchev–Trinajstić information content (AvgIpc) is 2.56.